The maximum atomic E-state index is 14.2. The smallest absolute Gasteiger partial charge is 0.150 e. The number of aromatic nitrogens is 2. The van der Waals surface area contributed by atoms with Crippen LogP contribution >= 0.6 is 0 Å². The number of hydrogen-bond donors (Lipinski definition) is 0. The summed E-state index contributed by atoms with van der Waals surface area (Å²) in [4.78, 5) is 9.03. The van der Waals surface area contributed by atoms with E-state index in [-0.39, 0.29) is 24.1 Å². The second kappa shape index (κ2) is 9.11. The zero-order valence-electron chi connectivity index (χ0n) is 19.6. The largest absolute Gasteiger partial charge is 0.485 e. The summed E-state index contributed by atoms with van der Waals surface area (Å²) in [5.74, 6) is 1.43. The SMILES string of the molecule is Cc1cc(N=S2(=O)CCCC2)cc2ncnc(Cc3ccc(F)cc3O[C@@H]3CO[C@@H]4CCO[C@@H]43)c12. The zero-order valence-corrected chi connectivity index (χ0v) is 20.4. The predicted molar refractivity (Wildman–Crippen MR) is 131 cm³/mol. The summed E-state index contributed by atoms with van der Waals surface area (Å²) in [7, 11) is -2.17. The van der Waals surface area contributed by atoms with Gasteiger partial charge in [-0.2, -0.15) is 4.36 Å². The van der Waals surface area contributed by atoms with E-state index in [1.807, 2.05) is 19.1 Å². The molecule has 0 bridgehead atoms. The molecule has 3 aromatic rings. The fourth-order valence-corrected chi connectivity index (χ4v) is 7.53. The molecule has 0 spiro atoms. The second-order valence-electron chi connectivity index (χ2n) is 9.54. The molecule has 3 fully saturated rings. The second-order valence-corrected chi connectivity index (χ2v) is 12.1. The molecular formula is C26H28FN3O4S. The van der Waals surface area contributed by atoms with E-state index in [0.717, 1.165) is 47.0 Å². The van der Waals surface area contributed by atoms with E-state index in [4.69, 9.17) is 14.2 Å². The summed E-state index contributed by atoms with van der Waals surface area (Å²) >= 11 is 0. The van der Waals surface area contributed by atoms with Gasteiger partial charge in [-0.1, -0.05) is 6.07 Å². The van der Waals surface area contributed by atoms with Crippen LogP contribution in [0.1, 0.15) is 36.1 Å². The zero-order chi connectivity index (χ0) is 24.0. The maximum Gasteiger partial charge on any atom is 0.150 e. The average molecular weight is 498 g/mol. The molecule has 0 N–H and O–H groups in total. The van der Waals surface area contributed by atoms with Crippen molar-refractivity contribution in [1.82, 2.24) is 9.97 Å². The number of fused-ring (bicyclic) bond motifs is 2. The summed E-state index contributed by atoms with van der Waals surface area (Å²) in [6.45, 7) is 3.07. The van der Waals surface area contributed by atoms with Crippen LogP contribution in [0.15, 0.2) is 41.0 Å². The summed E-state index contributed by atoms with van der Waals surface area (Å²) in [5, 5.41) is 0.923. The highest BCUT2D eigenvalue weighted by atomic mass is 32.2. The van der Waals surface area contributed by atoms with Crippen LogP contribution in [-0.4, -0.2) is 57.2 Å². The van der Waals surface area contributed by atoms with Gasteiger partial charge in [0, 0.05) is 41.5 Å². The van der Waals surface area contributed by atoms with E-state index in [0.29, 0.717) is 42.6 Å². The Hall–Kier alpha value is -2.62. The maximum absolute atomic E-state index is 14.2. The van der Waals surface area contributed by atoms with Gasteiger partial charge < -0.3 is 14.2 Å². The van der Waals surface area contributed by atoms with Crippen LogP contribution in [0.2, 0.25) is 0 Å². The monoisotopic (exact) mass is 497 g/mol. The van der Waals surface area contributed by atoms with Gasteiger partial charge in [-0.05, 0) is 49.9 Å². The molecule has 35 heavy (non-hydrogen) atoms. The number of benzene rings is 2. The molecule has 184 valence electrons. The lowest BCUT2D eigenvalue weighted by Gasteiger charge is -2.20. The molecule has 9 heteroatoms. The molecule has 3 atom stereocenters. The van der Waals surface area contributed by atoms with Gasteiger partial charge in [-0.15, -0.1) is 0 Å². The van der Waals surface area contributed by atoms with Gasteiger partial charge in [-0.25, -0.2) is 18.6 Å². The summed E-state index contributed by atoms with van der Waals surface area (Å²) in [5.41, 5.74) is 4.07. The molecule has 1 aromatic heterocycles. The summed E-state index contributed by atoms with van der Waals surface area (Å²) < 4.78 is 49.5. The standard InChI is InChI=1S/C26H28FN3O4S/c1-16-10-19(30-35(31)8-2-3-9-35)13-21-25(16)20(28-15-29-21)11-17-4-5-18(27)12-23(17)34-24-14-33-22-6-7-32-26(22)24/h4-5,10,12-13,15,22,24,26H,2-3,6-9,11,14H2,1H3/t22-,24-,26+/m1/s1. The van der Waals surface area contributed by atoms with Gasteiger partial charge >= 0.3 is 0 Å². The Morgan fingerprint density at radius 1 is 1.17 bits per heavy atom. The van der Waals surface area contributed by atoms with Crippen molar-refractivity contribution in [2.45, 2.75) is 50.9 Å². The van der Waals surface area contributed by atoms with Crippen LogP contribution in [0.3, 0.4) is 0 Å². The third-order valence-electron chi connectivity index (χ3n) is 7.03. The first-order chi connectivity index (χ1) is 17.0. The van der Waals surface area contributed by atoms with Gasteiger partial charge in [0.15, 0.2) is 6.10 Å². The van der Waals surface area contributed by atoms with Gasteiger partial charge in [-0.3, -0.25) is 0 Å². The molecule has 6 rings (SSSR count). The number of rotatable bonds is 5. The lowest BCUT2D eigenvalue weighted by Crippen LogP contribution is -2.32. The van der Waals surface area contributed by atoms with Crippen molar-refractivity contribution in [3.05, 3.63) is 59.3 Å². The lowest BCUT2D eigenvalue weighted by molar-refractivity contribution is 0.0304. The highest BCUT2D eigenvalue weighted by molar-refractivity contribution is 7.93. The van der Waals surface area contributed by atoms with Crippen molar-refractivity contribution in [1.29, 1.82) is 0 Å². The Kier molecular flexibility index (Phi) is 5.94. The van der Waals surface area contributed by atoms with Crippen molar-refractivity contribution in [3.63, 3.8) is 0 Å². The van der Waals surface area contributed by atoms with Crippen molar-refractivity contribution in [2.24, 2.45) is 4.36 Å². The Labute approximate surface area is 204 Å². The fourth-order valence-electron chi connectivity index (χ4n) is 5.34. The number of ether oxygens (including phenoxy) is 3. The molecule has 3 aliphatic rings. The van der Waals surface area contributed by atoms with E-state index >= 15 is 0 Å². The van der Waals surface area contributed by atoms with Gasteiger partial charge in [0.25, 0.3) is 0 Å². The number of aryl methyl sites for hydroxylation is 1. The highest BCUT2D eigenvalue weighted by Gasteiger charge is 2.43. The van der Waals surface area contributed by atoms with E-state index in [9.17, 15) is 8.60 Å². The van der Waals surface area contributed by atoms with Crippen LogP contribution in [0.25, 0.3) is 10.9 Å². The first-order valence-corrected chi connectivity index (χ1v) is 14.0. The number of halogens is 1. The van der Waals surface area contributed by atoms with E-state index in [1.54, 1.807) is 6.07 Å². The van der Waals surface area contributed by atoms with E-state index in [1.165, 1.54) is 18.5 Å². The molecule has 7 nitrogen and oxygen atoms in total. The van der Waals surface area contributed by atoms with Crippen LogP contribution < -0.4 is 4.74 Å². The molecular weight excluding hydrogens is 469 g/mol. The quantitative estimate of drug-likeness (QED) is 0.516. The van der Waals surface area contributed by atoms with Gasteiger partial charge in [0.2, 0.25) is 0 Å². The third-order valence-corrected chi connectivity index (χ3v) is 9.43. The molecule has 0 radical (unpaired) electrons. The summed E-state index contributed by atoms with van der Waals surface area (Å²) in [6.07, 6.45) is 4.41. The van der Waals surface area contributed by atoms with Crippen molar-refractivity contribution < 1.29 is 22.8 Å². The van der Waals surface area contributed by atoms with E-state index < -0.39 is 9.73 Å². The molecule has 2 aromatic carbocycles. The number of hydrogen-bond acceptors (Lipinski definition) is 7. The van der Waals surface area contributed by atoms with Crippen LogP contribution in [0.4, 0.5) is 10.1 Å². The van der Waals surface area contributed by atoms with Crippen molar-refractivity contribution >= 4 is 26.3 Å². The Morgan fingerprint density at radius 2 is 2.03 bits per heavy atom. The minimum absolute atomic E-state index is 0.0457. The van der Waals surface area contributed by atoms with Gasteiger partial charge in [0.05, 0.1) is 39.3 Å². The molecule has 0 unspecified atom stereocenters. The molecule has 0 saturated carbocycles. The van der Waals surface area contributed by atoms with Crippen LogP contribution in [-0.2, 0) is 25.6 Å². The fraction of sp³-hybridized carbons (Fsp3) is 0.462. The van der Waals surface area contributed by atoms with Gasteiger partial charge in [0.1, 0.15) is 24.0 Å². The summed E-state index contributed by atoms with van der Waals surface area (Å²) in [6, 6.07) is 8.44. The topological polar surface area (TPSA) is 82.9 Å². The minimum Gasteiger partial charge on any atom is -0.485 e. The minimum atomic E-state index is -2.17. The molecule has 0 amide bonds. The van der Waals surface area contributed by atoms with Crippen molar-refractivity contribution in [3.8, 4) is 5.75 Å². The normalized spacial score (nSPS) is 25.1. The lowest BCUT2D eigenvalue weighted by atomic mass is 10.0. The molecule has 0 aliphatic carbocycles. The van der Waals surface area contributed by atoms with Crippen molar-refractivity contribution in [2.75, 3.05) is 24.7 Å². The third kappa shape index (κ3) is 4.52. The Bertz CT molecular complexity index is 1390. The Balaban J connectivity index is 1.33. The van der Waals surface area contributed by atoms with Crippen LogP contribution in [0.5, 0.6) is 5.75 Å². The number of nitrogens with zero attached hydrogens (tertiary/aromatic N) is 3. The van der Waals surface area contributed by atoms with Crippen LogP contribution in [0, 0.1) is 12.7 Å². The first kappa shape index (κ1) is 22.8. The average Bonchev–Trinajstić information content (AvgIpc) is 3.54. The predicted octanol–water partition coefficient (Wildman–Crippen LogP) is 4.50. The Morgan fingerprint density at radius 3 is 2.89 bits per heavy atom. The molecule has 4 heterocycles. The van der Waals surface area contributed by atoms with E-state index in [2.05, 4.69) is 14.3 Å². The highest BCUT2D eigenvalue weighted by Crippen LogP contribution is 2.34. The molecule has 3 aliphatic heterocycles. The molecule has 3 saturated heterocycles. The first-order valence-electron chi connectivity index (χ1n) is 12.1.